The smallest absolute Gasteiger partial charge is 0.252 e. The molecule has 1 aliphatic rings. The summed E-state index contributed by atoms with van der Waals surface area (Å²) in [6, 6.07) is 6.07. The van der Waals surface area contributed by atoms with E-state index in [0.717, 1.165) is 12.8 Å². The number of aliphatic hydroxyl groups is 1. The minimum absolute atomic E-state index is 0.108. The molecule has 0 heterocycles. The van der Waals surface area contributed by atoms with E-state index < -0.39 is 11.5 Å². The van der Waals surface area contributed by atoms with E-state index in [-0.39, 0.29) is 36.0 Å². The molecule has 2 rings (SSSR count). The lowest BCUT2D eigenvalue weighted by molar-refractivity contribution is -0.156. The van der Waals surface area contributed by atoms with E-state index >= 15 is 0 Å². The molecule has 0 aromatic heterocycles. The maximum absolute atomic E-state index is 12.6. The average Bonchev–Trinajstić information content (AvgIpc) is 2.54. The van der Waals surface area contributed by atoms with Gasteiger partial charge in [0.2, 0.25) is 5.91 Å². The molecule has 0 aliphatic heterocycles. The van der Waals surface area contributed by atoms with Gasteiger partial charge in [-0.1, -0.05) is 27.2 Å². The largest absolute Gasteiger partial charge is 0.508 e. The van der Waals surface area contributed by atoms with Crippen molar-refractivity contribution in [2.75, 3.05) is 11.9 Å². The highest BCUT2D eigenvalue weighted by Crippen LogP contribution is 2.41. The number of anilines is 1. The molecule has 2 amide bonds. The van der Waals surface area contributed by atoms with Crippen molar-refractivity contribution >= 4 is 17.5 Å². The zero-order valence-electron chi connectivity index (χ0n) is 15.1. The summed E-state index contributed by atoms with van der Waals surface area (Å²) in [5.41, 5.74) is -0.896. The minimum atomic E-state index is -1.43. The van der Waals surface area contributed by atoms with Crippen LogP contribution in [0.15, 0.2) is 24.3 Å². The van der Waals surface area contributed by atoms with Gasteiger partial charge in [-0.05, 0) is 54.9 Å². The second-order valence-corrected chi connectivity index (χ2v) is 7.44. The standard InChI is InChI=1S/C19H28N2O4/c1-12(2)16-9-4-13(3)10-19(16,25)18(24)20-11-17(23)21-14-5-7-15(22)8-6-14/h5-8,12-13,16,22,25H,4,9-11H2,1-3H3,(H,20,24)(H,21,23). The summed E-state index contributed by atoms with van der Waals surface area (Å²) in [6.07, 6.45) is 2.23. The van der Waals surface area contributed by atoms with E-state index in [4.69, 9.17) is 0 Å². The van der Waals surface area contributed by atoms with Gasteiger partial charge < -0.3 is 20.8 Å². The van der Waals surface area contributed by atoms with Crippen molar-refractivity contribution in [3.63, 3.8) is 0 Å². The molecule has 0 radical (unpaired) electrons. The summed E-state index contributed by atoms with van der Waals surface area (Å²) in [5, 5.41) is 25.5. The lowest BCUT2D eigenvalue weighted by Crippen LogP contribution is -2.57. The third-order valence-electron chi connectivity index (χ3n) is 5.00. The van der Waals surface area contributed by atoms with Crippen LogP contribution in [0.2, 0.25) is 0 Å². The first-order chi connectivity index (χ1) is 11.7. The lowest BCUT2D eigenvalue weighted by Gasteiger charge is -2.43. The molecule has 1 saturated carbocycles. The monoisotopic (exact) mass is 348 g/mol. The number of amides is 2. The van der Waals surface area contributed by atoms with Crippen molar-refractivity contribution < 1.29 is 19.8 Å². The summed E-state index contributed by atoms with van der Waals surface area (Å²) in [4.78, 5) is 24.6. The molecule has 1 aromatic rings. The zero-order valence-corrected chi connectivity index (χ0v) is 15.1. The van der Waals surface area contributed by atoms with Gasteiger partial charge in [-0.25, -0.2) is 0 Å². The number of benzene rings is 1. The summed E-state index contributed by atoms with van der Waals surface area (Å²) < 4.78 is 0. The fourth-order valence-corrected chi connectivity index (χ4v) is 3.70. The van der Waals surface area contributed by atoms with E-state index in [1.54, 1.807) is 12.1 Å². The second kappa shape index (κ2) is 7.87. The van der Waals surface area contributed by atoms with Crippen LogP contribution < -0.4 is 10.6 Å². The van der Waals surface area contributed by atoms with Gasteiger partial charge in [0.15, 0.2) is 0 Å². The molecule has 138 valence electrons. The first-order valence-corrected chi connectivity index (χ1v) is 8.82. The van der Waals surface area contributed by atoms with Gasteiger partial charge >= 0.3 is 0 Å². The Kier molecular flexibility index (Phi) is 6.06. The van der Waals surface area contributed by atoms with Crippen molar-refractivity contribution in [3.8, 4) is 5.75 Å². The van der Waals surface area contributed by atoms with Crippen LogP contribution >= 0.6 is 0 Å². The number of hydrogen-bond donors (Lipinski definition) is 4. The highest BCUT2D eigenvalue weighted by atomic mass is 16.3. The number of hydrogen-bond acceptors (Lipinski definition) is 4. The molecule has 0 bridgehead atoms. The van der Waals surface area contributed by atoms with Crippen LogP contribution in [0.4, 0.5) is 5.69 Å². The van der Waals surface area contributed by atoms with Gasteiger partial charge in [-0.15, -0.1) is 0 Å². The lowest BCUT2D eigenvalue weighted by atomic mass is 9.66. The summed E-state index contributed by atoms with van der Waals surface area (Å²) >= 11 is 0. The molecular weight excluding hydrogens is 320 g/mol. The summed E-state index contributed by atoms with van der Waals surface area (Å²) in [7, 11) is 0. The van der Waals surface area contributed by atoms with Crippen LogP contribution in [0.5, 0.6) is 5.75 Å². The Morgan fingerprint density at radius 2 is 1.88 bits per heavy atom. The molecule has 1 aliphatic carbocycles. The van der Waals surface area contributed by atoms with Gasteiger partial charge in [0.05, 0.1) is 6.54 Å². The number of rotatable bonds is 5. The van der Waals surface area contributed by atoms with E-state index in [1.165, 1.54) is 12.1 Å². The van der Waals surface area contributed by atoms with E-state index in [0.29, 0.717) is 12.1 Å². The molecule has 3 atom stereocenters. The van der Waals surface area contributed by atoms with Gasteiger partial charge in [0.1, 0.15) is 11.4 Å². The van der Waals surface area contributed by atoms with Crippen molar-refractivity contribution in [3.05, 3.63) is 24.3 Å². The molecule has 0 saturated heterocycles. The molecule has 3 unspecified atom stereocenters. The SMILES string of the molecule is CC1CCC(C(C)C)C(O)(C(=O)NCC(=O)Nc2ccc(O)cc2)C1. The molecule has 25 heavy (non-hydrogen) atoms. The number of carbonyl (C=O) groups excluding carboxylic acids is 2. The maximum atomic E-state index is 12.6. The number of carbonyl (C=O) groups is 2. The van der Waals surface area contributed by atoms with Gasteiger partial charge in [-0.2, -0.15) is 0 Å². The van der Waals surface area contributed by atoms with Crippen molar-refractivity contribution in [2.45, 2.75) is 45.6 Å². The first kappa shape index (κ1) is 19.2. The quantitative estimate of drug-likeness (QED) is 0.614. The molecule has 6 heteroatoms. The molecule has 0 spiro atoms. The highest BCUT2D eigenvalue weighted by Gasteiger charge is 2.48. The van der Waals surface area contributed by atoms with Crippen molar-refractivity contribution in [1.29, 1.82) is 0 Å². The van der Waals surface area contributed by atoms with Crippen LogP contribution in [-0.2, 0) is 9.59 Å². The van der Waals surface area contributed by atoms with Crippen molar-refractivity contribution in [2.24, 2.45) is 17.8 Å². The predicted octanol–water partition coefficient (Wildman–Crippen LogP) is 2.27. The summed E-state index contributed by atoms with van der Waals surface area (Å²) in [5.74, 6) is -0.389. The van der Waals surface area contributed by atoms with Crippen LogP contribution in [0.25, 0.3) is 0 Å². The van der Waals surface area contributed by atoms with E-state index in [9.17, 15) is 19.8 Å². The topological polar surface area (TPSA) is 98.7 Å². The molecule has 6 nitrogen and oxygen atoms in total. The fourth-order valence-electron chi connectivity index (χ4n) is 3.70. The van der Waals surface area contributed by atoms with Crippen LogP contribution in [0.3, 0.4) is 0 Å². The number of aromatic hydroxyl groups is 1. The molecule has 1 fully saturated rings. The Bertz CT molecular complexity index is 614. The summed E-state index contributed by atoms with van der Waals surface area (Å²) in [6.45, 7) is 5.85. The molecule has 4 N–H and O–H groups in total. The molecular formula is C19H28N2O4. The average molecular weight is 348 g/mol. The third-order valence-corrected chi connectivity index (χ3v) is 5.00. The van der Waals surface area contributed by atoms with Gasteiger partial charge in [0.25, 0.3) is 5.91 Å². The van der Waals surface area contributed by atoms with Crippen LogP contribution in [-0.4, -0.2) is 34.2 Å². The Labute approximate surface area is 148 Å². The zero-order chi connectivity index (χ0) is 18.6. The van der Waals surface area contributed by atoms with Gasteiger partial charge in [0, 0.05) is 5.69 Å². The van der Waals surface area contributed by atoms with E-state index in [1.807, 2.05) is 20.8 Å². The first-order valence-electron chi connectivity index (χ1n) is 8.82. The second-order valence-electron chi connectivity index (χ2n) is 7.44. The van der Waals surface area contributed by atoms with Crippen molar-refractivity contribution in [1.82, 2.24) is 5.32 Å². The van der Waals surface area contributed by atoms with E-state index in [2.05, 4.69) is 10.6 Å². The number of phenols is 1. The Morgan fingerprint density at radius 1 is 1.24 bits per heavy atom. The number of phenolic OH excluding ortho intramolecular Hbond substituents is 1. The number of nitrogens with one attached hydrogen (secondary N) is 2. The Balaban J connectivity index is 1.95. The normalized spacial score (nSPS) is 26.3. The van der Waals surface area contributed by atoms with Gasteiger partial charge in [-0.3, -0.25) is 9.59 Å². The Hall–Kier alpha value is -2.08. The maximum Gasteiger partial charge on any atom is 0.252 e. The highest BCUT2D eigenvalue weighted by molar-refractivity contribution is 5.96. The Morgan fingerprint density at radius 3 is 2.48 bits per heavy atom. The minimum Gasteiger partial charge on any atom is -0.508 e. The predicted molar refractivity (Wildman–Crippen MR) is 96.0 cm³/mol. The van der Waals surface area contributed by atoms with Crippen LogP contribution in [0.1, 0.15) is 40.0 Å². The van der Waals surface area contributed by atoms with Crippen LogP contribution in [0, 0.1) is 17.8 Å². The molecule has 1 aromatic carbocycles. The fraction of sp³-hybridized carbons (Fsp3) is 0.579. The third kappa shape index (κ3) is 4.72.